The second-order valence-electron chi connectivity index (χ2n) is 6.43. The summed E-state index contributed by atoms with van der Waals surface area (Å²) in [6.45, 7) is 13.0. The fourth-order valence-corrected chi connectivity index (χ4v) is 3.30. The summed E-state index contributed by atoms with van der Waals surface area (Å²) in [5.41, 5.74) is 0.486. The van der Waals surface area contributed by atoms with E-state index in [2.05, 4.69) is 32.6 Å². The van der Waals surface area contributed by atoms with Gasteiger partial charge in [0.2, 0.25) is 0 Å². The molecule has 0 aromatic carbocycles. The Balaban J connectivity index is 0.00000256. The van der Waals surface area contributed by atoms with E-state index in [0.29, 0.717) is 12.0 Å². The van der Waals surface area contributed by atoms with Crippen LogP contribution in [-0.4, -0.2) is 36.2 Å². The maximum atomic E-state index is 8.92. The third kappa shape index (κ3) is 6.14. The average molecular weight is 316 g/mol. The summed E-state index contributed by atoms with van der Waals surface area (Å²) in [5, 5.41) is 8.92. The fourth-order valence-electron chi connectivity index (χ4n) is 3.30. The first-order valence-corrected chi connectivity index (χ1v) is 6.79. The second kappa shape index (κ2) is 8.25. The first kappa shape index (κ1) is 18.0. The predicted octanol–water partition coefficient (Wildman–Crippen LogP) is 2.76. The van der Waals surface area contributed by atoms with E-state index in [9.17, 15) is 0 Å². The van der Waals surface area contributed by atoms with Crippen molar-refractivity contribution in [2.45, 2.75) is 47.0 Å². The third-order valence-corrected chi connectivity index (χ3v) is 4.04. The summed E-state index contributed by atoms with van der Waals surface area (Å²) >= 11 is 0. The van der Waals surface area contributed by atoms with E-state index >= 15 is 0 Å². The number of β-amino-alcohol motifs (C(OH)–C–C–N with tert-alkyl or cyclic N) is 1. The van der Waals surface area contributed by atoms with Crippen LogP contribution in [0.5, 0.6) is 0 Å². The average Bonchev–Trinajstić information content (AvgIpc) is 2.17. The first-order chi connectivity index (χ1) is 7.45. The summed E-state index contributed by atoms with van der Waals surface area (Å²) in [4.78, 5) is 2.39. The minimum atomic E-state index is 0. The van der Waals surface area contributed by atoms with Crippen LogP contribution in [0.3, 0.4) is 0 Å². The quantitative estimate of drug-likeness (QED) is 0.843. The molecule has 1 heterocycles. The molecule has 1 N–H and O–H groups in total. The summed E-state index contributed by atoms with van der Waals surface area (Å²) in [6, 6.07) is 0. The largest absolute Gasteiger partial charge is 0.395 e. The van der Waals surface area contributed by atoms with Crippen LogP contribution in [0.2, 0.25) is 0 Å². The Morgan fingerprint density at radius 2 is 1.76 bits per heavy atom. The molecule has 0 amide bonds. The van der Waals surface area contributed by atoms with E-state index in [1.165, 1.54) is 32.4 Å². The molecule has 0 unspecified atom stereocenters. The Kier molecular flexibility index (Phi) is 8.74. The van der Waals surface area contributed by atoms with Crippen LogP contribution in [-0.2, 0) is 32.7 Å². The molecule has 1 radical (unpaired) electrons. The zero-order valence-corrected chi connectivity index (χ0v) is 14.9. The number of hydrogen-bond donors (Lipinski definition) is 1. The van der Waals surface area contributed by atoms with Crippen LogP contribution in [0.25, 0.3) is 0 Å². The molecular weight excluding hydrogens is 287 g/mol. The van der Waals surface area contributed by atoms with Gasteiger partial charge in [-0.1, -0.05) is 27.7 Å². The van der Waals surface area contributed by atoms with Gasteiger partial charge in [0.25, 0.3) is 0 Å². The first-order valence-electron chi connectivity index (χ1n) is 6.79. The number of piperidine rings is 1. The zero-order chi connectivity index (χ0) is 12.2. The molecule has 1 fully saturated rings. The van der Waals surface area contributed by atoms with Crippen LogP contribution >= 0.6 is 0 Å². The third-order valence-electron chi connectivity index (χ3n) is 4.04. The molecule has 0 aliphatic carbocycles. The van der Waals surface area contributed by atoms with Gasteiger partial charge in [-0.05, 0) is 49.6 Å². The van der Waals surface area contributed by atoms with Crippen LogP contribution in [0.4, 0.5) is 0 Å². The van der Waals surface area contributed by atoms with E-state index < -0.39 is 0 Å². The van der Waals surface area contributed by atoms with Gasteiger partial charge in [0.1, 0.15) is 0 Å². The van der Waals surface area contributed by atoms with Gasteiger partial charge in [0.15, 0.2) is 0 Å². The SMILES string of the molecule is CC(C)CC(C)(C)C1CCN(CCO)CC1.[Y]. The molecule has 0 saturated carbocycles. The predicted molar refractivity (Wildman–Crippen MR) is 69.5 cm³/mol. The van der Waals surface area contributed by atoms with Crippen molar-refractivity contribution in [3.8, 4) is 0 Å². The summed E-state index contributed by atoms with van der Waals surface area (Å²) in [6.07, 6.45) is 3.94. The van der Waals surface area contributed by atoms with Crippen LogP contribution in [0.15, 0.2) is 0 Å². The van der Waals surface area contributed by atoms with Crippen molar-refractivity contribution in [1.29, 1.82) is 0 Å². The van der Waals surface area contributed by atoms with Crippen molar-refractivity contribution >= 4 is 0 Å². The molecule has 0 spiro atoms. The van der Waals surface area contributed by atoms with Gasteiger partial charge in [0.05, 0.1) is 6.61 Å². The van der Waals surface area contributed by atoms with Crippen molar-refractivity contribution in [2.24, 2.45) is 17.3 Å². The minimum absolute atomic E-state index is 0. The van der Waals surface area contributed by atoms with E-state index in [0.717, 1.165) is 18.4 Å². The molecule has 0 aromatic rings. The van der Waals surface area contributed by atoms with Gasteiger partial charge < -0.3 is 10.0 Å². The van der Waals surface area contributed by atoms with Crippen molar-refractivity contribution in [2.75, 3.05) is 26.2 Å². The van der Waals surface area contributed by atoms with Gasteiger partial charge >= 0.3 is 0 Å². The molecule has 0 aromatic heterocycles. The monoisotopic (exact) mass is 316 g/mol. The normalized spacial score (nSPS) is 19.4. The summed E-state index contributed by atoms with van der Waals surface area (Å²) in [7, 11) is 0. The molecule has 17 heavy (non-hydrogen) atoms. The van der Waals surface area contributed by atoms with Gasteiger partial charge in [-0.2, -0.15) is 0 Å². The summed E-state index contributed by atoms with van der Waals surface area (Å²) in [5.74, 6) is 1.66. The van der Waals surface area contributed by atoms with Gasteiger partial charge in [0, 0.05) is 39.3 Å². The van der Waals surface area contributed by atoms with Crippen molar-refractivity contribution in [3.63, 3.8) is 0 Å². The minimum Gasteiger partial charge on any atom is -0.395 e. The smallest absolute Gasteiger partial charge is 0.0558 e. The number of nitrogens with zero attached hydrogens (tertiary/aromatic N) is 1. The zero-order valence-electron chi connectivity index (χ0n) is 12.1. The molecule has 3 heteroatoms. The van der Waals surface area contributed by atoms with E-state index in [4.69, 9.17) is 5.11 Å². The standard InChI is InChI=1S/C14H29NO.Y/c1-12(2)11-14(3,4)13-5-7-15(8-6-13)9-10-16;/h12-13,16H,5-11H2,1-4H3;. The number of aliphatic hydroxyl groups is 1. The number of aliphatic hydroxyl groups excluding tert-OH is 1. The van der Waals surface area contributed by atoms with Crippen molar-refractivity contribution in [1.82, 2.24) is 4.90 Å². The maximum Gasteiger partial charge on any atom is 0.0558 e. The van der Waals surface area contributed by atoms with Gasteiger partial charge in [-0.15, -0.1) is 0 Å². The second-order valence-corrected chi connectivity index (χ2v) is 6.43. The van der Waals surface area contributed by atoms with Crippen LogP contribution in [0.1, 0.15) is 47.0 Å². The topological polar surface area (TPSA) is 23.5 Å². The fraction of sp³-hybridized carbons (Fsp3) is 1.00. The molecule has 1 rings (SSSR count). The Morgan fingerprint density at radius 3 is 2.18 bits per heavy atom. The molecule has 2 nitrogen and oxygen atoms in total. The van der Waals surface area contributed by atoms with Crippen LogP contribution < -0.4 is 0 Å². The Labute approximate surface area is 132 Å². The Hall–Kier alpha value is 1.02. The van der Waals surface area contributed by atoms with Crippen molar-refractivity contribution < 1.29 is 37.8 Å². The number of rotatable bonds is 5. The van der Waals surface area contributed by atoms with E-state index in [1.807, 2.05) is 0 Å². The maximum absolute atomic E-state index is 8.92. The van der Waals surface area contributed by atoms with Crippen molar-refractivity contribution in [3.05, 3.63) is 0 Å². The number of likely N-dealkylation sites (tertiary alicyclic amines) is 1. The Bertz CT molecular complexity index is 198. The van der Waals surface area contributed by atoms with Gasteiger partial charge in [-0.25, -0.2) is 0 Å². The Morgan fingerprint density at radius 1 is 1.24 bits per heavy atom. The molecule has 0 atom stereocenters. The molecule has 99 valence electrons. The summed E-state index contributed by atoms with van der Waals surface area (Å²) < 4.78 is 0. The molecular formula is C14H29NOY. The molecule has 1 saturated heterocycles. The number of hydrogen-bond acceptors (Lipinski definition) is 2. The van der Waals surface area contributed by atoms with Gasteiger partial charge in [-0.3, -0.25) is 0 Å². The molecule has 0 bridgehead atoms. The van der Waals surface area contributed by atoms with E-state index in [-0.39, 0.29) is 32.7 Å². The molecule has 1 aliphatic heterocycles. The van der Waals surface area contributed by atoms with E-state index in [1.54, 1.807) is 0 Å². The molecule has 1 aliphatic rings. The van der Waals surface area contributed by atoms with Crippen LogP contribution in [0, 0.1) is 17.3 Å².